The van der Waals surface area contributed by atoms with Gasteiger partial charge in [-0.15, -0.1) is 0 Å². The molecule has 86 valence electrons. The van der Waals surface area contributed by atoms with E-state index in [4.69, 9.17) is 16.3 Å². The molecule has 3 rings (SSSR count). The third-order valence-corrected chi connectivity index (χ3v) is 3.43. The molecule has 16 heavy (non-hydrogen) atoms. The molecular weight excluding hydrogens is 229 g/mol. The fourth-order valence-electron chi connectivity index (χ4n) is 2.34. The Hall–Kier alpha value is -0.800. The van der Waals surface area contributed by atoms with Gasteiger partial charge < -0.3 is 10.1 Å². The molecule has 0 saturated carbocycles. The van der Waals surface area contributed by atoms with E-state index in [2.05, 4.69) is 5.32 Å². The molecular formula is C12H13ClFNO. The van der Waals surface area contributed by atoms with Crippen molar-refractivity contribution in [3.8, 4) is 5.75 Å². The van der Waals surface area contributed by atoms with E-state index in [0.29, 0.717) is 31.1 Å². The van der Waals surface area contributed by atoms with Crippen LogP contribution in [0.1, 0.15) is 11.1 Å². The van der Waals surface area contributed by atoms with Gasteiger partial charge >= 0.3 is 0 Å². The molecule has 2 heterocycles. The van der Waals surface area contributed by atoms with Crippen molar-refractivity contribution >= 4 is 11.6 Å². The van der Waals surface area contributed by atoms with Gasteiger partial charge in [0.05, 0.1) is 6.61 Å². The largest absolute Gasteiger partial charge is 0.493 e. The molecule has 2 nitrogen and oxygen atoms in total. The topological polar surface area (TPSA) is 21.3 Å². The molecule has 0 radical (unpaired) electrons. The Morgan fingerprint density at radius 3 is 2.94 bits per heavy atom. The van der Waals surface area contributed by atoms with Crippen LogP contribution in [0.5, 0.6) is 5.75 Å². The molecule has 1 fully saturated rings. The van der Waals surface area contributed by atoms with Crippen LogP contribution < -0.4 is 10.1 Å². The zero-order valence-corrected chi connectivity index (χ0v) is 9.61. The van der Waals surface area contributed by atoms with Crippen LogP contribution in [0.2, 0.25) is 5.02 Å². The molecule has 0 amide bonds. The van der Waals surface area contributed by atoms with Crippen molar-refractivity contribution in [2.75, 3.05) is 19.7 Å². The average Bonchev–Trinajstić information content (AvgIpc) is 2.63. The highest BCUT2D eigenvalue weighted by Crippen LogP contribution is 2.36. The molecule has 1 aromatic carbocycles. The van der Waals surface area contributed by atoms with Crippen molar-refractivity contribution < 1.29 is 9.13 Å². The van der Waals surface area contributed by atoms with Gasteiger partial charge in [0.15, 0.2) is 0 Å². The predicted molar refractivity (Wildman–Crippen MR) is 61.1 cm³/mol. The lowest BCUT2D eigenvalue weighted by Gasteiger charge is -2.35. The summed E-state index contributed by atoms with van der Waals surface area (Å²) in [5.41, 5.74) is 0.895. The first kappa shape index (κ1) is 10.4. The third-order valence-electron chi connectivity index (χ3n) is 3.22. The van der Waals surface area contributed by atoms with E-state index in [1.54, 1.807) is 0 Å². The summed E-state index contributed by atoms with van der Waals surface area (Å²) in [5, 5.41) is 3.63. The number of hydrogen-bond donors (Lipinski definition) is 1. The smallest absolute Gasteiger partial charge is 0.139 e. The normalized spacial score (nSPS) is 21.1. The Morgan fingerprint density at radius 1 is 1.44 bits per heavy atom. The number of halogens is 2. The van der Waals surface area contributed by atoms with E-state index in [1.165, 1.54) is 0 Å². The van der Waals surface area contributed by atoms with E-state index >= 15 is 0 Å². The SMILES string of the molecule is FC1(Cc2cc(Cl)cc3c2OCC3)CNC1. The maximum Gasteiger partial charge on any atom is 0.139 e. The van der Waals surface area contributed by atoms with Crippen molar-refractivity contribution in [1.82, 2.24) is 5.32 Å². The molecule has 4 heteroatoms. The van der Waals surface area contributed by atoms with Crippen molar-refractivity contribution in [1.29, 1.82) is 0 Å². The summed E-state index contributed by atoms with van der Waals surface area (Å²) in [5.74, 6) is 0.855. The highest BCUT2D eigenvalue weighted by Gasteiger charge is 2.38. The minimum absolute atomic E-state index is 0.392. The molecule has 2 aliphatic heterocycles. The summed E-state index contributed by atoms with van der Waals surface area (Å²) in [4.78, 5) is 0. The number of rotatable bonds is 2. The van der Waals surface area contributed by atoms with Crippen LogP contribution in [0.25, 0.3) is 0 Å². The Morgan fingerprint density at radius 2 is 2.25 bits per heavy atom. The van der Waals surface area contributed by atoms with Crippen molar-refractivity contribution in [2.45, 2.75) is 18.5 Å². The van der Waals surface area contributed by atoms with Crippen LogP contribution in [-0.4, -0.2) is 25.4 Å². The Labute approximate surface area is 98.7 Å². The summed E-state index contributed by atoms with van der Waals surface area (Å²) < 4.78 is 19.6. The number of hydrogen-bond acceptors (Lipinski definition) is 2. The van der Waals surface area contributed by atoms with Gasteiger partial charge in [-0.05, 0) is 23.3 Å². The van der Waals surface area contributed by atoms with Crippen LogP contribution in [0, 0.1) is 0 Å². The van der Waals surface area contributed by atoms with Crippen LogP contribution in [0.3, 0.4) is 0 Å². The fourth-order valence-corrected chi connectivity index (χ4v) is 2.60. The zero-order chi connectivity index (χ0) is 11.2. The first-order valence-electron chi connectivity index (χ1n) is 5.50. The van der Waals surface area contributed by atoms with Gasteiger partial charge in [0.2, 0.25) is 0 Å². The van der Waals surface area contributed by atoms with Crippen molar-refractivity contribution in [3.63, 3.8) is 0 Å². The first-order chi connectivity index (χ1) is 7.66. The van der Waals surface area contributed by atoms with Gasteiger partial charge in [-0.3, -0.25) is 0 Å². The molecule has 0 spiro atoms. The summed E-state index contributed by atoms with van der Waals surface area (Å²) in [6.07, 6.45) is 1.27. The Bertz CT molecular complexity index is 431. The second-order valence-corrected chi connectivity index (χ2v) is 5.02. The van der Waals surface area contributed by atoms with Crippen molar-refractivity contribution in [2.24, 2.45) is 0 Å². The average molecular weight is 242 g/mol. The number of nitrogens with one attached hydrogen (secondary N) is 1. The molecule has 0 unspecified atom stereocenters. The summed E-state index contributed by atoms with van der Waals surface area (Å²) >= 11 is 6.02. The van der Waals surface area contributed by atoms with E-state index < -0.39 is 5.67 Å². The highest BCUT2D eigenvalue weighted by molar-refractivity contribution is 6.30. The minimum Gasteiger partial charge on any atom is -0.493 e. The van der Waals surface area contributed by atoms with Gasteiger partial charge in [-0.25, -0.2) is 4.39 Å². The Kier molecular flexibility index (Phi) is 2.33. The monoisotopic (exact) mass is 241 g/mol. The van der Waals surface area contributed by atoms with E-state index in [9.17, 15) is 4.39 Å². The van der Waals surface area contributed by atoms with Gasteiger partial charge in [-0.2, -0.15) is 0 Å². The molecule has 1 N–H and O–H groups in total. The lowest BCUT2D eigenvalue weighted by atomic mass is 9.90. The van der Waals surface area contributed by atoms with Crippen LogP contribution >= 0.6 is 11.6 Å². The maximum absolute atomic E-state index is 14.0. The summed E-state index contributed by atoms with van der Waals surface area (Å²) in [6.45, 7) is 1.53. The van der Waals surface area contributed by atoms with E-state index in [1.807, 2.05) is 12.1 Å². The Balaban J connectivity index is 1.94. The lowest BCUT2D eigenvalue weighted by Crippen LogP contribution is -2.57. The molecule has 1 aromatic rings. The summed E-state index contributed by atoms with van der Waals surface area (Å²) in [6, 6.07) is 3.74. The molecule has 1 saturated heterocycles. The van der Waals surface area contributed by atoms with Gasteiger partial charge in [0, 0.05) is 31.0 Å². The number of benzene rings is 1. The number of ether oxygens (including phenoxy) is 1. The quantitative estimate of drug-likeness (QED) is 0.857. The summed E-state index contributed by atoms with van der Waals surface area (Å²) in [7, 11) is 0. The lowest BCUT2D eigenvalue weighted by molar-refractivity contribution is 0.0903. The number of alkyl halides is 1. The minimum atomic E-state index is -1.12. The third kappa shape index (κ3) is 1.68. The second kappa shape index (κ2) is 3.60. The molecule has 0 bridgehead atoms. The fraction of sp³-hybridized carbons (Fsp3) is 0.500. The predicted octanol–water partition coefficient (Wildman–Crippen LogP) is 2.13. The van der Waals surface area contributed by atoms with Crippen LogP contribution in [0.4, 0.5) is 4.39 Å². The van der Waals surface area contributed by atoms with Gasteiger partial charge in [0.1, 0.15) is 11.4 Å². The second-order valence-electron chi connectivity index (χ2n) is 4.58. The van der Waals surface area contributed by atoms with E-state index in [0.717, 1.165) is 23.3 Å². The standard InChI is InChI=1S/C12H13ClFNO/c13-10-3-8-1-2-16-11(8)9(4-10)5-12(14)6-15-7-12/h3-4,15H,1-2,5-7H2. The van der Waals surface area contributed by atoms with Crippen LogP contribution in [0.15, 0.2) is 12.1 Å². The molecule has 0 aliphatic carbocycles. The number of fused-ring (bicyclic) bond motifs is 1. The highest BCUT2D eigenvalue weighted by atomic mass is 35.5. The maximum atomic E-state index is 14.0. The van der Waals surface area contributed by atoms with Crippen molar-refractivity contribution in [3.05, 3.63) is 28.3 Å². The van der Waals surface area contributed by atoms with E-state index in [-0.39, 0.29) is 0 Å². The van der Waals surface area contributed by atoms with Gasteiger partial charge in [0.25, 0.3) is 0 Å². The van der Waals surface area contributed by atoms with Crippen LogP contribution in [-0.2, 0) is 12.8 Å². The molecule has 0 atom stereocenters. The zero-order valence-electron chi connectivity index (χ0n) is 8.85. The molecule has 0 aromatic heterocycles. The molecule has 2 aliphatic rings. The first-order valence-corrected chi connectivity index (χ1v) is 5.88. The van der Waals surface area contributed by atoms with Gasteiger partial charge in [-0.1, -0.05) is 11.6 Å².